The SMILES string of the molecule is Cc1cc(F)ccc1C1CCN(C(=O)NC[C@H]2CCCn3ccnc32)CC1. The van der Waals surface area contributed by atoms with Crippen LogP contribution >= 0.6 is 0 Å². The molecule has 2 aliphatic rings. The van der Waals surface area contributed by atoms with Crippen molar-refractivity contribution in [2.24, 2.45) is 0 Å². The third-order valence-electron chi connectivity index (χ3n) is 6.02. The van der Waals surface area contributed by atoms with Crippen LogP contribution in [0.1, 0.15) is 54.5 Å². The first-order chi connectivity index (χ1) is 13.1. The van der Waals surface area contributed by atoms with Gasteiger partial charge in [0, 0.05) is 44.5 Å². The third kappa shape index (κ3) is 3.84. The molecule has 0 aliphatic carbocycles. The highest BCUT2D eigenvalue weighted by atomic mass is 19.1. The zero-order valence-corrected chi connectivity index (χ0v) is 15.8. The quantitative estimate of drug-likeness (QED) is 0.893. The van der Waals surface area contributed by atoms with E-state index >= 15 is 0 Å². The van der Waals surface area contributed by atoms with E-state index < -0.39 is 0 Å². The first-order valence-corrected chi connectivity index (χ1v) is 9.91. The van der Waals surface area contributed by atoms with E-state index in [1.807, 2.05) is 30.3 Å². The smallest absolute Gasteiger partial charge is 0.317 e. The molecule has 0 bridgehead atoms. The molecule has 0 radical (unpaired) electrons. The summed E-state index contributed by atoms with van der Waals surface area (Å²) in [5, 5.41) is 3.11. The van der Waals surface area contributed by atoms with E-state index in [4.69, 9.17) is 0 Å². The van der Waals surface area contributed by atoms with Gasteiger partial charge in [-0.1, -0.05) is 6.07 Å². The Labute approximate surface area is 159 Å². The fraction of sp³-hybridized carbons (Fsp3) is 0.524. The molecule has 1 N–H and O–H groups in total. The monoisotopic (exact) mass is 370 g/mol. The summed E-state index contributed by atoms with van der Waals surface area (Å²) in [6, 6.07) is 5.06. The van der Waals surface area contributed by atoms with Crippen LogP contribution in [0.15, 0.2) is 30.6 Å². The van der Waals surface area contributed by atoms with Gasteiger partial charge in [0.25, 0.3) is 0 Å². The molecule has 2 aromatic rings. The molecule has 3 heterocycles. The van der Waals surface area contributed by atoms with Gasteiger partial charge in [-0.2, -0.15) is 0 Å². The summed E-state index contributed by atoms with van der Waals surface area (Å²) in [5.41, 5.74) is 2.22. The number of aromatic nitrogens is 2. The number of hydrogen-bond donors (Lipinski definition) is 1. The van der Waals surface area contributed by atoms with E-state index in [0.29, 0.717) is 18.4 Å². The number of nitrogens with one attached hydrogen (secondary N) is 1. The Balaban J connectivity index is 1.29. The van der Waals surface area contributed by atoms with E-state index in [2.05, 4.69) is 14.9 Å². The number of carbonyl (C=O) groups is 1. The number of nitrogens with zero attached hydrogens (tertiary/aromatic N) is 3. The summed E-state index contributed by atoms with van der Waals surface area (Å²) in [5.74, 6) is 1.61. The lowest BCUT2D eigenvalue weighted by atomic mass is 9.87. The zero-order chi connectivity index (χ0) is 18.8. The minimum absolute atomic E-state index is 0.0213. The number of aryl methyl sites for hydroxylation is 2. The van der Waals surface area contributed by atoms with Crippen molar-refractivity contribution in [2.45, 2.75) is 51.0 Å². The van der Waals surface area contributed by atoms with Gasteiger partial charge in [-0.3, -0.25) is 0 Å². The minimum atomic E-state index is -0.184. The normalized spacial score (nSPS) is 20.4. The summed E-state index contributed by atoms with van der Waals surface area (Å²) in [6.07, 6.45) is 7.92. The predicted octanol–water partition coefficient (Wildman–Crippen LogP) is 3.80. The highest BCUT2D eigenvalue weighted by Gasteiger charge is 2.26. The van der Waals surface area contributed by atoms with Crippen LogP contribution in [0.2, 0.25) is 0 Å². The first kappa shape index (κ1) is 18.0. The van der Waals surface area contributed by atoms with E-state index in [1.165, 1.54) is 11.6 Å². The van der Waals surface area contributed by atoms with E-state index in [-0.39, 0.29) is 11.8 Å². The molecule has 0 spiro atoms. The average molecular weight is 370 g/mol. The molecule has 0 unspecified atom stereocenters. The van der Waals surface area contributed by atoms with Gasteiger partial charge < -0.3 is 14.8 Å². The van der Waals surface area contributed by atoms with Crippen LogP contribution in [0, 0.1) is 12.7 Å². The van der Waals surface area contributed by atoms with Gasteiger partial charge in [-0.25, -0.2) is 14.2 Å². The van der Waals surface area contributed by atoms with Crippen molar-refractivity contribution in [3.63, 3.8) is 0 Å². The van der Waals surface area contributed by atoms with Crippen molar-refractivity contribution >= 4 is 6.03 Å². The minimum Gasteiger partial charge on any atom is -0.337 e. The van der Waals surface area contributed by atoms with E-state index in [0.717, 1.165) is 56.7 Å². The molecule has 1 aromatic carbocycles. The summed E-state index contributed by atoms with van der Waals surface area (Å²) >= 11 is 0. The van der Waals surface area contributed by atoms with Crippen LogP contribution in [0.4, 0.5) is 9.18 Å². The van der Waals surface area contributed by atoms with Crippen molar-refractivity contribution < 1.29 is 9.18 Å². The maximum atomic E-state index is 13.3. The lowest BCUT2D eigenvalue weighted by molar-refractivity contribution is 0.180. The summed E-state index contributed by atoms with van der Waals surface area (Å²) < 4.78 is 15.5. The Morgan fingerprint density at radius 1 is 1.26 bits per heavy atom. The molecule has 144 valence electrons. The van der Waals surface area contributed by atoms with Gasteiger partial charge in [0.1, 0.15) is 11.6 Å². The van der Waals surface area contributed by atoms with E-state index in [9.17, 15) is 9.18 Å². The van der Waals surface area contributed by atoms with Crippen molar-refractivity contribution in [2.75, 3.05) is 19.6 Å². The second-order valence-electron chi connectivity index (χ2n) is 7.77. The number of fused-ring (bicyclic) bond motifs is 1. The van der Waals surface area contributed by atoms with Crippen LogP contribution in [-0.4, -0.2) is 40.1 Å². The Hall–Kier alpha value is -2.37. The fourth-order valence-electron chi connectivity index (χ4n) is 4.51. The van der Waals surface area contributed by atoms with Crippen LogP contribution in [0.5, 0.6) is 0 Å². The Morgan fingerprint density at radius 2 is 2.07 bits per heavy atom. The van der Waals surface area contributed by atoms with Crippen LogP contribution < -0.4 is 5.32 Å². The maximum Gasteiger partial charge on any atom is 0.317 e. The first-order valence-electron chi connectivity index (χ1n) is 9.91. The largest absolute Gasteiger partial charge is 0.337 e. The van der Waals surface area contributed by atoms with Crippen molar-refractivity contribution in [3.05, 3.63) is 53.4 Å². The molecule has 5 nitrogen and oxygen atoms in total. The molecular formula is C21H27FN4O. The molecule has 1 atom stereocenters. The van der Waals surface area contributed by atoms with Crippen molar-refractivity contribution in [1.29, 1.82) is 0 Å². The van der Waals surface area contributed by atoms with Crippen molar-refractivity contribution in [3.8, 4) is 0 Å². The Bertz CT molecular complexity index is 810. The molecule has 4 rings (SSSR count). The number of benzene rings is 1. The molecule has 1 saturated heterocycles. The zero-order valence-electron chi connectivity index (χ0n) is 15.8. The number of piperidine rings is 1. The number of amides is 2. The topological polar surface area (TPSA) is 50.2 Å². The lowest BCUT2D eigenvalue weighted by Gasteiger charge is -2.33. The number of carbonyl (C=O) groups excluding carboxylic acids is 1. The molecule has 2 amide bonds. The number of rotatable bonds is 3. The molecule has 2 aliphatic heterocycles. The number of hydrogen-bond acceptors (Lipinski definition) is 2. The highest BCUT2D eigenvalue weighted by Crippen LogP contribution is 2.31. The van der Waals surface area contributed by atoms with Gasteiger partial charge in [-0.05, 0) is 61.8 Å². The van der Waals surface area contributed by atoms with Crippen LogP contribution in [-0.2, 0) is 6.54 Å². The Morgan fingerprint density at radius 3 is 2.85 bits per heavy atom. The molecule has 1 aromatic heterocycles. The molecule has 1 fully saturated rings. The maximum absolute atomic E-state index is 13.3. The number of imidazole rings is 1. The predicted molar refractivity (Wildman–Crippen MR) is 102 cm³/mol. The molecule has 27 heavy (non-hydrogen) atoms. The van der Waals surface area contributed by atoms with Crippen LogP contribution in [0.3, 0.4) is 0 Å². The number of halogens is 1. The number of likely N-dealkylation sites (tertiary alicyclic amines) is 1. The van der Waals surface area contributed by atoms with Gasteiger partial charge in [0.05, 0.1) is 0 Å². The average Bonchev–Trinajstić information content (AvgIpc) is 3.16. The molecule has 0 saturated carbocycles. The second kappa shape index (κ2) is 7.71. The Kier molecular flexibility index (Phi) is 5.14. The molecular weight excluding hydrogens is 343 g/mol. The summed E-state index contributed by atoms with van der Waals surface area (Å²) in [6.45, 7) is 5.12. The van der Waals surface area contributed by atoms with Crippen molar-refractivity contribution in [1.82, 2.24) is 19.8 Å². The summed E-state index contributed by atoms with van der Waals surface area (Å²) in [4.78, 5) is 18.9. The van der Waals surface area contributed by atoms with Gasteiger partial charge >= 0.3 is 6.03 Å². The third-order valence-corrected chi connectivity index (χ3v) is 6.02. The van der Waals surface area contributed by atoms with Gasteiger partial charge in [-0.15, -0.1) is 0 Å². The lowest BCUT2D eigenvalue weighted by Crippen LogP contribution is -2.45. The standard InChI is InChI=1S/C21H27FN4O/c1-15-13-18(22)4-5-19(15)16-6-10-26(11-7-16)21(27)24-14-17-3-2-9-25-12-8-23-20(17)25/h4-5,8,12-13,16-17H,2-3,6-7,9-11,14H2,1H3,(H,24,27)/t17-/m1/s1. The highest BCUT2D eigenvalue weighted by molar-refractivity contribution is 5.74. The number of urea groups is 1. The fourth-order valence-corrected chi connectivity index (χ4v) is 4.51. The van der Waals surface area contributed by atoms with Gasteiger partial charge in [0.2, 0.25) is 0 Å². The van der Waals surface area contributed by atoms with E-state index in [1.54, 1.807) is 6.07 Å². The van der Waals surface area contributed by atoms with Gasteiger partial charge in [0.15, 0.2) is 0 Å². The van der Waals surface area contributed by atoms with Crippen LogP contribution in [0.25, 0.3) is 0 Å². The summed E-state index contributed by atoms with van der Waals surface area (Å²) in [7, 11) is 0. The molecule has 6 heteroatoms. The second-order valence-corrected chi connectivity index (χ2v) is 7.77.